The van der Waals surface area contributed by atoms with Crippen molar-refractivity contribution in [3.63, 3.8) is 0 Å². The van der Waals surface area contributed by atoms with Gasteiger partial charge in [-0.25, -0.2) is 0 Å². The molecule has 0 aromatic heterocycles. The van der Waals surface area contributed by atoms with E-state index >= 15 is 0 Å². The minimum atomic E-state index is -0.815. The maximum Gasteiger partial charge on any atom is 0.190 e. The molecule has 5 fully saturated rings. The van der Waals surface area contributed by atoms with Crippen LogP contribution in [0.2, 0.25) is 0 Å². The van der Waals surface area contributed by atoms with E-state index in [-0.39, 0.29) is 12.7 Å². The number of ether oxygens (including phenoxy) is 11. The Labute approximate surface area is 283 Å². The highest BCUT2D eigenvalue weighted by Crippen LogP contribution is 2.45. The van der Waals surface area contributed by atoms with Gasteiger partial charge < -0.3 is 52.1 Å². The van der Waals surface area contributed by atoms with Crippen molar-refractivity contribution in [3.05, 3.63) is 71.8 Å². The van der Waals surface area contributed by atoms with Gasteiger partial charge in [0.05, 0.1) is 26.4 Å². The molecule has 0 N–H and O–H groups in total. The first-order valence-electron chi connectivity index (χ1n) is 16.0. The molecule has 5 aliphatic rings. The van der Waals surface area contributed by atoms with Gasteiger partial charge in [0.25, 0.3) is 0 Å². The zero-order valence-corrected chi connectivity index (χ0v) is 28.7. The first-order chi connectivity index (χ1) is 22.2. The van der Waals surface area contributed by atoms with Gasteiger partial charge in [-0.05, 0) is 33.3 Å². The van der Waals surface area contributed by atoms with Crippen molar-refractivity contribution in [1.29, 1.82) is 0 Å². The summed E-state index contributed by atoms with van der Waals surface area (Å²) in [5.41, 5.74) is 1.97. The number of hydrogen-bond donors (Lipinski definition) is 0. The molecular weight excluding hydrogens is 711 g/mol. The van der Waals surface area contributed by atoms with E-state index in [2.05, 4.69) is 22.6 Å². The molecule has 252 valence electrons. The first-order valence-corrected chi connectivity index (χ1v) is 17.5. The Hall–Kier alpha value is -1.27. The molecule has 7 rings (SSSR count). The van der Waals surface area contributed by atoms with Crippen LogP contribution in [0.4, 0.5) is 0 Å². The van der Waals surface area contributed by atoms with Crippen molar-refractivity contribution in [2.45, 2.75) is 114 Å². The van der Waals surface area contributed by atoms with Gasteiger partial charge in [0.15, 0.2) is 30.4 Å². The Morgan fingerprint density at radius 2 is 1.41 bits per heavy atom. The molecule has 0 radical (unpaired) electrons. The average molecular weight is 755 g/mol. The van der Waals surface area contributed by atoms with Crippen LogP contribution in [0.15, 0.2) is 60.7 Å². The molecule has 0 aliphatic carbocycles. The summed E-state index contributed by atoms with van der Waals surface area (Å²) in [5, 5.41) is 0. The lowest BCUT2D eigenvalue weighted by Crippen LogP contribution is -2.64. The molecule has 0 saturated carbocycles. The van der Waals surface area contributed by atoms with E-state index in [9.17, 15) is 0 Å². The summed E-state index contributed by atoms with van der Waals surface area (Å²) in [6.45, 7) is 8.80. The number of halogens is 1. The van der Waals surface area contributed by atoms with Crippen molar-refractivity contribution in [1.82, 2.24) is 0 Å². The predicted octanol–water partition coefficient (Wildman–Crippen LogP) is 4.64. The summed E-state index contributed by atoms with van der Waals surface area (Å²) in [5.74, 6) is -1.63. The minimum absolute atomic E-state index is 0.138. The highest BCUT2D eigenvalue weighted by molar-refractivity contribution is 14.1. The van der Waals surface area contributed by atoms with Crippen LogP contribution in [-0.2, 0) is 58.7 Å². The molecule has 0 spiro atoms. The molecule has 5 heterocycles. The van der Waals surface area contributed by atoms with Crippen molar-refractivity contribution < 1.29 is 52.1 Å². The highest BCUT2D eigenvalue weighted by Gasteiger charge is 2.61. The molecule has 3 unspecified atom stereocenters. The second-order valence-electron chi connectivity index (χ2n) is 13.0. The van der Waals surface area contributed by atoms with Crippen LogP contribution in [0.25, 0.3) is 0 Å². The minimum Gasteiger partial charge on any atom is -0.369 e. The second-order valence-corrected chi connectivity index (χ2v) is 14.1. The molecule has 5 aliphatic heterocycles. The molecule has 11 nitrogen and oxygen atoms in total. The van der Waals surface area contributed by atoms with Gasteiger partial charge in [-0.1, -0.05) is 83.3 Å². The SMILES string of the molecule is CC1(C)O[C@@H]2[C@H](O1)[C@H]1OC(C)(C)OC1O[C@@H]2COC1O[C@@H]2COC(c3ccccc3)O[C@H]2[C@H](OCc2ccccc2)[C@H]1OCCI. The quantitative estimate of drug-likeness (QED) is 0.251. The topological polar surface area (TPSA) is 102 Å². The summed E-state index contributed by atoms with van der Waals surface area (Å²) in [4.78, 5) is 0. The summed E-state index contributed by atoms with van der Waals surface area (Å²) in [7, 11) is 0. The van der Waals surface area contributed by atoms with Crippen LogP contribution >= 0.6 is 22.6 Å². The maximum absolute atomic E-state index is 6.65. The zero-order valence-electron chi connectivity index (χ0n) is 26.5. The van der Waals surface area contributed by atoms with Crippen molar-refractivity contribution in [3.8, 4) is 0 Å². The third-order valence-electron chi connectivity index (χ3n) is 8.70. The van der Waals surface area contributed by atoms with Gasteiger partial charge in [0, 0.05) is 9.99 Å². The fraction of sp³-hybridized carbons (Fsp3) is 0.647. The van der Waals surface area contributed by atoms with E-state index in [0.29, 0.717) is 19.8 Å². The fourth-order valence-electron chi connectivity index (χ4n) is 6.79. The lowest BCUT2D eigenvalue weighted by atomic mass is 9.96. The number of rotatable bonds is 10. The largest absolute Gasteiger partial charge is 0.369 e. The molecule has 2 aromatic rings. The smallest absolute Gasteiger partial charge is 0.190 e. The first kappa shape index (κ1) is 33.2. The van der Waals surface area contributed by atoms with E-state index in [0.717, 1.165) is 15.6 Å². The van der Waals surface area contributed by atoms with Gasteiger partial charge in [-0.15, -0.1) is 0 Å². The summed E-state index contributed by atoms with van der Waals surface area (Å²) in [6.07, 6.45) is -5.74. The highest BCUT2D eigenvalue weighted by atomic mass is 127. The van der Waals surface area contributed by atoms with E-state index in [1.54, 1.807) is 0 Å². The number of alkyl halides is 1. The van der Waals surface area contributed by atoms with Gasteiger partial charge in [0.2, 0.25) is 0 Å². The Morgan fingerprint density at radius 3 is 2.17 bits per heavy atom. The van der Waals surface area contributed by atoms with E-state index in [4.69, 9.17) is 52.1 Å². The van der Waals surface area contributed by atoms with E-state index < -0.39 is 73.2 Å². The van der Waals surface area contributed by atoms with Crippen molar-refractivity contribution in [2.75, 3.05) is 24.2 Å². The Morgan fingerprint density at radius 1 is 0.717 bits per heavy atom. The van der Waals surface area contributed by atoms with Gasteiger partial charge in [-0.3, -0.25) is 0 Å². The second kappa shape index (κ2) is 13.9. The van der Waals surface area contributed by atoms with Gasteiger partial charge in [0.1, 0.15) is 48.8 Å². The Bertz CT molecular complexity index is 1280. The van der Waals surface area contributed by atoms with Crippen LogP contribution < -0.4 is 0 Å². The molecular formula is C34H43IO11. The summed E-state index contributed by atoms with van der Waals surface area (Å²) in [6, 6.07) is 19.9. The Kier molecular flexibility index (Phi) is 10.1. The lowest BCUT2D eigenvalue weighted by Gasteiger charge is -2.49. The molecule has 2 aromatic carbocycles. The van der Waals surface area contributed by atoms with Crippen LogP contribution in [-0.4, -0.2) is 97.2 Å². The fourth-order valence-corrected chi connectivity index (χ4v) is 7.05. The summed E-state index contributed by atoms with van der Waals surface area (Å²) >= 11 is 2.30. The molecule has 46 heavy (non-hydrogen) atoms. The van der Waals surface area contributed by atoms with Crippen LogP contribution in [0.1, 0.15) is 45.1 Å². The number of fused-ring (bicyclic) bond motifs is 4. The van der Waals surface area contributed by atoms with Crippen LogP contribution in [0, 0.1) is 0 Å². The lowest BCUT2D eigenvalue weighted by molar-refractivity contribution is -0.374. The van der Waals surface area contributed by atoms with Crippen molar-refractivity contribution >= 4 is 22.6 Å². The van der Waals surface area contributed by atoms with Gasteiger partial charge in [-0.2, -0.15) is 0 Å². The molecule has 0 bridgehead atoms. The van der Waals surface area contributed by atoms with E-state index in [1.165, 1.54) is 0 Å². The Balaban J connectivity index is 1.11. The number of hydrogen-bond acceptors (Lipinski definition) is 11. The third kappa shape index (κ3) is 7.19. The third-order valence-corrected chi connectivity index (χ3v) is 9.14. The molecule has 11 atom stereocenters. The standard InChI is InChI=1S/C34H43IO11/c1-33(2)43-25-23(41-32-29(27(25)44-33)45-34(3,4)46-32)19-39-31-28(36-16-15-35)26(37-17-20-11-7-5-8-12-20)24-22(40-31)18-38-30(42-24)21-13-9-6-10-14-21/h5-14,22-32H,15-19H2,1-4H3/t22-,23-,24-,25+,26+,27+,28-,29-,30?,31?,32?/m1/s1. The predicted molar refractivity (Wildman–Crippen MR) is 171 cm³/mol. The maximum atomic E-state index is 6.65. The van der Waals surface area contributed by atoms with Crippen LogP contribution in [0.3, 0.4) is 0 Å². The average Bonchev–Trinajstić information content (AvgIpc) is 3.55. The van der Waals surface area contributed by atoms with E-state index in [1.807, 2.05) is 88.4 Å². The monoisotopic (exact) mass is 754 g/mol. The van der Waals surface area contributed by atoms with Crippen LogP contribution in [0.5, 0.6) is 0 Å². The molecule has 0 amide bonds. The van der Waals surface area contributed by atoms with Gasteiger partial charge >= 0.3 is 0 Å². The summed E-state index contributed by atoms with van der Waals surface area (Å²) < 4.78 is 71.0. The number of benzene rings is 2. The van der Waals surface area contributed by atoms with Crippen molar-refractivity contribution in [2.24, 2.45) is 0 Å². The normalized spacial score (nSPS) is 39.4. The molecule has 12 heteroatoms. The zero-order chi connectivity index (χ0) is 31.9. The molecule has 5 saturated heterocycles.